The molecule has 0 aliphatic carbocycles. The molecule has 10 heavy (non-hydrogen) atoms. The van der Waals surface area contributed by atoms with Gasteiger partial charge in [0.05, 0.1) is 10.4 Å². The first kappa shape index (κ1) is 7.43. The van der Waals surface area contributed by atoms with Crippen LogP contribution in [0, 0.1) is 12.3 Å². The highest BCUT2D eigenvalue weighted by Crippen LogP contribution is 2.20. The van der Waals surface area contributed by atoms with Crippen LogP contribution < -0.4 is 0 Å². The van der Waals surface area contributed by atoms with E-state index >= 15 is 0 Å². The second-order valence-corrected chi connectivity index (χ2v) is 2.97. The summed E-state index contributed by atoms with van der Waals surface area (Å²) in [5, 5.41) is 0. The van der Waals surface area contributed by atoms with E-state index in [1.807, 2.05) is 13.0 Å². The largest absolute Gasteiger partial charge is 0.467 e. The van der Waals surface area contributed by atoms with E-state index in [4.69, 9.17) is 10.8 Å². The van der Waals surface area contributed by atoms with E-state index in [1.54, 1.807) is 6.26 Å². The Morgan fingerprint density at radius 2 is 2.50 bits per heavy atom. The van der Waals surface area contributed by atoms with Crippen LogP contribution in [0.5, 0.6) is 0 Å². The summed E-state index contributed by atoms with van der Waals surface area (Å²) in [6, 6.07) is 1.88. The van der Waals surface area contributed by atoms with Gasteiger partial charge in [0.2, 0.25) is 0 Å². The average molecular weight is 199 g/mol. The lowest BCUT2D eigenvalue weighted by Gasteiger charge is -1.94. The van der Waals surface area contributed by atoms with Crippen LogP contribution in [0.15, 0.2) is 21.2 Å². The highest BCUT2D eigenvalue weighted by atomic mass is 79.9. The van der Waals surface area contributed by atoms with Crippen molar-refractivity contribution in [1.29, 1.82) is 0 Å². The van der Waals surface area contributed by atoms with Crippen molar-refractivity contribution in [3.8, 4) is 12.3 Å². The molecule has 1 heterocycles. The van der Waals surface area contributed by atoms with E-state index in [9.17, 15) is 0 Å². The summed E-state index contributed by atoms with van der Waals surface area (Å²) in [4.78, 5) is 0. The molecule has 1 unspecified atom stereocenters. The normalized spacial score (nSPS) is 12.5. The van der Waals surface area contributed by atoms with E-state index in [1.165, 1.54) is 0 Å². The molecule has 1 nitrogen and oxygen atoms in total. The fourth-order valence-corrected chi connectivity index (χ4v) is 0.957. The van der Waals surface area contributed by atoms with Gasteiger partial charge in [0.15, 0.2) is 0 Å². The highest BCUT2D eigenvalue weighted by Gasteiger charge is 2.05. The van der Waals surface area contributed by atoms with Crippen LogP contribution >= 0.6 is 15.9 Å². The lowest BCUT2D eigenvalue weighted by atomic mass is 10.1. The van der Waals surface area contributed by atoms with Crippen molar-refractivity contribution in [2.45, 2.75) is 12.8 Å². The number of rotatable bonds is 1. The molecule has 0 bridgehead atoms. The second-order valence-electron chi connectivity index (χ2n) is 2.06. The third-order valence-corrected chi connectivity index (χ3v) is 1.68. The van der Waals surface area contributed by atoms with Crippen LogP contribution in [-0.2, 0) is 0 Å². The van der Waals surface area contributed by atoms with E-state index in [0.29, 0.717) is 0 Å². The minimum atomic E-state index is 0.0614. The molecule has 0 aromatic carbocycles. The molecule has 1 aromatic rings. The van der Waals surface area contributed by atoms with Gasteiger partial charge in [-0.15, -0.1) is 6.42 Å². The van der Waals surface area contributed by atoms with Crippen LogP contribution in [0.2, 0.25) is 0 Å². The number of hydrogen-bond donors (Lipinski definition) is 0. The summed E-state index contributed by atoms with van der Waals surface area (Å²) >= 11 is 3.27. The minimum absolute atomic E-state index is 0.0614. The van der Waals surface area contributed by atoms with Gasteiger partial charge in [-0.3, -0.25) is 0 Å². The molecule has 0 aliphatic heterocycles. The number of halogens is 1. The smallest absolute Gasteiger partial charge is 0.119 e. The topological polar surface area (TPSA) is 13.1 Å². The maximum Gasteiger partial charge on any atom is 0.119 e. The molecule has 0 radical (unpaired) electrons. The van der Waals surface area contributed by atoms with Gasteiger partial charge >= 0.3 is 0 Å². The molecule has 52 valence electrons. The van der Waals surface area contributed by atoms with Crippen molar-refractivity contribution in [1.82, 2.24) is 0 Å². The Hall–Kier alpha value is -0.680. The number of furan rings is 1. The summed E-state index contributed by atoms with van der Waals surface area (Å²) in [5.41, 5.74) is 0. The van der Waals surface area contributed by atoms with Gasteiger partial charge in [-0.25, -0.2) is 0 Å². The summed E-state index contributed by atoms with van der Waals surface area (Å²) < 4.78 is 6.06. The molecule has 0 fully saturated rings. The van der Waals surface area contributed by atoms with Crippen LogP contribution in [0.1, 0.15) is 18.6 Å². The summed E-state index contributed by atoms with van der Waals surface area (Å²) in [6.07, 6.45) is 6.82. The van der Waals surface area contributed by atoms with Crippen molar-refractivity contribution in [3.05, 3.63) is 22.6 Å². The van der Waals surface area contributed by atoms with Gasteiger partial charge in [0, 0.05) is 0 Å². The predicted octanol–water partition coefficient (Wildman–Crippen LogP) is 2.78. The fourth-order valence-electron chi connectivity index (χ4n) is 0.637. The van der Waals surface area contributed by atoms with Crippen LogP contribution in [0.25, 0.3) is 0 Å². The third-order valence-electron chi connectivity index (χ3n) is 1.26. The summed E-state index contributed by atoms with van der Waals surface area (Å²) in [5.74, 6) is 3.47. The third kappa shape index (κ3) is 1.43. The Kier molecular flexibility index (Phi) is 2.18. The molecule has 0 aliphatic rings. The average Bonchev–Trinajstić information content (AvgIpc) is 2.34. The van der Waals surface area contributed by atoms with Gasteiger partial charge in [-0.05, 0) is 28.9 Å². The van der Waals surface area contributed by atoms with Gasteiger partial charge in [0.1, 0.15) is 12.0 Å². The van der Waals surface area contributed by atoms with Crippen molar-refractivity contribution < 1.29 is 4.42 Å². The monoisotopic (exact) mass is 198 g/mol. The van der Waals surface area contributed by atoms with Crippen LogP contribution in [0.4, 0.5) is 0 Å². The Morgan fingerprint density at radius 1 is 1.80 bits per heavy atom. The maximum absolute atomic E-state index is 5.19. The summed E-state index contributed by atoms with van der Waals surface area (Å²) in [7, 11) is 0. The standard InChI is InChI=1S/C8H7BrO/c1-3-6(2)8-4-7(9)5-10-8/h1,4-6H,2H3. The van der Waals surface area contributed by atoms with E-state index in [-0.39, 0.29) is 5.92 Å². The zero-order chi connectivity index (χ0) is 7.56. The van der Waals surface area contributed by atoms with Gasteiger partial charge in [-0.1, -0.05) is 5.92 Å². The quantitative estimate of drug-likeness (QED) is 0.633. The van der Waals surface area contributed by atoms with Crippen molar-refractivity contribution in [2.24, 2.45) is 0 Å². The molecular formula is C8H7BrO. The highest BCUT2D eigenvalue weighted by molar-refractivity contribution is 9.10. The molecule has 2 heteroatoms. The first-order valence-electron chi connectivity index (χ1n) is 2.94. The first-order chi connectivity index (χ1) is 4.74. The predicted molar refractivity (Wildman–Crippen MR) is 43.7 cm³/mol. The van der Waals surface area contributed by atoms with Crippen molar-refractivity contribution >= 4 is 15.9 Å². The Balaban J connectivity index is 2.87. The molecule has 0 amide bonds. The molecule has 1 atom stereocenters. The fraction of sp³-hybridized carbons (Fsp3) is 0.250. The Bertz CT molecular complexity index is 256. The molecule has 1 aromatic heterocycles. The zero-order valence-corrected chi connectivity index (χ0v) is 7.18. The minimum Gasteiger partial charge on any atom is -0.467 e. The Labute approximate surface area is 68.6 Å². The summed E-state index contributed by atoms with van der Waals surface area (Å²) in [6.45, 7) is 1.92. The zero-order valence-electron chi connectivity index (χ0n) is 5.60. The molecule has 0 N–H and O–H groups in total. The lowest BCUT2D eigenvalue weighted by molar-refractivity contribution is 0.502. The van der Waals surface area contributed by atoms with Gasteiger partial charge in [0.25, 0.3) is 0 Å². The molecule has 0 saturated carbocycles. The second kappa shape index (κ2) is 2.94. The van der Waals surface area contributed by atoms with E-state index in [2.05, 4.69) is 21.9 Å². The van der Waals surface area contributed by atoms with E-state index in [0.717, 1.165) is 10.2 Å². The SMILES string of the molecule is C#CC(C)c1cc(Br)co1. The Morgan fingerprint density at radius 3 is 2.90 bits per heavy atom. The maximum atomic E-state index is 5.19. The number of terminal acetylenes is 1. The lowest BCUT2D eigenvalue weighted by Crippen LogP contribution is -1.83. The molecule has 0 spiro atoms. The van der Waals surface area contributed by atoms with Crippen molar-refractivity contribution in [2.75, 3.05) is 0 Å². The van der Waals surface area contributed by atoms with Gasteiger partial charge < -0.3 is 4.42 Å². The molecule has 1 rings (SSSR count). The van der Waals surface area contributed by atoms with Crippen LogP contribution in [0.3, 0.4) is 0 Å². The first-order valence-corrected chi connectivity index (χ1v) is 3.73. The number of hydrogen-bond acceptors (Lipinski definition) is 1. The molecule has 0 saturated heterocycles. The van der Waals surface area contributed by atoms with Gasteiger partial charge in [-0.2, -0.15) is 0 Å². The van der Waals surface area contributed by atoms with Crippen molar-refractivity contribution in [3.63, 3.8) is 0 Å². The molecular weight excluding hydrogens is 192 g/mol. The van der Waals surface area contributed by atoms with Crippen LogP contribution in [-0.4, -0.2) is 0 Å². The van der Waals surface area contributed by atoms with E-state index < -0.39 is 0 Å².